The van der Waals surface area contributed by atoms with Crippen LogP contribution < -0.4 is 0 Å². The Hall–Kier alpha value is -0.300. The number of alkyl halides is 1. The molecule has 1 fully saturated rings. The predicted molar refractivity (Wildman–Crippen MR) is 78.7 cm³/mol. The zero-order valence-corrected chi connectivity index (χ0v) is 13.0. The monoisotopic (exact) mass is 294 g/mol. The molecule has 0 aromatic heterocycles. The maximum absolute atomic E-state index is 3.97. The summed E-state index contributed by atoms with van der Waals surface area (Å²) < 4.78 is 0. The third-order valence-electron chi connectivity index (χ3n) is 4.43. The molecule has 2 rings (SSSR count). The Bertz CT molecular complexity index is 406. The highest BCUT2D eigenvalue weighted by atomic mass is 79.9. The minimum absolute atomic E-state index is 0.477. The van der Waals surface area contributed by atoms with Gasteiger partial charge < -0.3 is 0 Å². The molecule has 94 valence electrons. The molecule has 0 nitrogen and oxygen atoms in total. The van der Waals surface area contributed by atoms with Crippen LogP contribution in [-0.4, -0.2) is 0 Å². The van der Waals surface area contributed by atoms with Gasteiger partial charge in [0.15, 0.2) is 0 Å². The van der Waals surface area contributed by atoms with Crippen molar-refractivity contribution < 1.29 is 0 Å². The van der Waals surface area contributed by atoms with Crippen molar-refractivity contribution in [1.29, 1.82) is 0 Å². The Kier molecular flexibility index (Phi) is 3.68. The first-order chi connectivity index (χ1) is 7.92. The van der Waals surface area contributed by atoms with E-state index in [9.17, 15) is 0 Å². The third-order valence-corrected chi connectivity index (χ3v) is 5.56. The maximum Gasteiger partial charge on any atom is 0.0431 e. The number of halogens is 1. The summed E-state index contributed by atoms with van der Waals surface area (Å²) in [6.07, 6.45) is 4.10. The highest BCUT2D eigenvalue weighted by Crippen LogP contribution is 2.52. The van der Waals surface area contributed by atoms with E-state index >= 15 is 0 Å². The molecule has 17 heavy (non-hydrogen) atoms. The van der Waals surface area contributed by atoms with Crippen molar-refractivity contribution in [2.24, 2.45) is 11.3 Å². The molecule has 0 bridgehead atoms. The molecule has 2 unspecified atom stereocenters. The van der Waals surface area contributed by atoms with Crippen LogP contribution in [-0.2, 0) is 0 Å². The molecular formula is C16H23Br. The molecule has 1 aliphatic rings. The fourth-order valence-corrected chi connectivity index (χ4v) is 4.64. The highest BCUT2D eigenvalue weighted by molar-refractivity contribution is 9.09. The molecule has 1 heteroatoms. The Morgan fingerprint density at radius 2 is 2.00 bits per heavy atom. The lowest BCUT2D eigenvalue weighted by molar-refractivity contribution is 0.256. The van der Waals surface area contributed by atoms with E-state index in [0.29, 0.717) is 10.2 Å². The van der Waals surface area contributed by atoms with Crippen molar-refractivity contribution >= 4 is 15.9 Å². The molecule has 2 atom stereocenters. The zero-order chi connectivity index (χ0) is 12.6. The summed E-state index contributed by atoms with van der Waals surface area (Å²) in [4.78, 5) is 0.514. The van der Waals surface area contributed by atoms with Crippen LogP contribution in [0.15, 0.2) is 18.2 Å². The van der Waals surface area contributed by atoms with Gasteiger partial charge in [-0.05, 0) is 49.1 Å². The van der Waals surface area contributed by atoms with Gasteiger partial charge in [-0.25, -0.2) is 0 Å². The van der Waals surface area contributed by atoms with Gasteiger partial charge in [0, 0.05) is 4.83 Å². The summed E-state index contributed by atoms with van der Waals surface area (Å²) >= 11 is 3.97. The molecule has 0 heterocycles. The number of hydrogen-bond donors (Lipinski definition) is 0. The summed E-state index contributed by atoms with van der Waals surface area (Å²) in [6, 6.07) is 6.81. The van der Waals surface area contributed by atoms with Crippen molar-refractivity contribution in [3.05, 3.63) is 34.9 Å². The lowest BCUT2D eigenvalue weighted by Crippen LogP contribution is -2.21. The van der Waals surface area contributed by atoms with Crippen LogP contribution in [0.25, 0.3) is 0 Å². The summed E-state index contributed by atoms with van der Waals surface area (Å²) in [5, 5.41) is 0. The summed E-state index contributed by atoms with van der Waals surface area (Å²) in [7, 11) is 0. The lowest BCUT2D eigenvalue weighted by atomic mass is 9.78. The van der Waals surface area contributed by atoms with Crippen LogP contribution in [0.4, 0.5) is 0 Å². The maximum atomic E-state index is 3.97. The Morgan fingerprint density at radius 1 is 1.29 bits per heavy atom. The first kappa shape index (κ1) is 13.1. The van der Waals surface area contributed by atoms with Crippen LogP contribution in [0, 0.1) is 25.2 Å². The van der Waals surface area contributed by atoms with Gasteiger partial charge in [-0.15, -0.1) is 0 Å². The van der Waals surface area contributed by atoms with E-state index in [0.717, 1.165) is 5.92 Å². The van der Waals surface area contributed by atoms with E-state index in [2.05, 4.69) is 61.8 Å². The first-order valence-corrected chi connectivity index (χ1v) is 7.54. The zero-order valence-electron chi connectivity index (χ0n) is 11.4. The number of benzene rings is 1. The molecule has 1 aromatic carbocycles. The SMILES string of the molecule is Cc1ccc(C)c(C(Br)C2CCCC2(C)C)c1. The van der Waals surface area contributed by atoms with Gasteiger partial charge in [0.25, 0.3) is 0 Å². The lowest BCUT2D eigenvalue weighted by Gasteiger charge is -2.32. The average Bonchev–Trinajstić information content (AvgIpc) is 2.61. The van der Waals surface area contributed by atoms with Gasteiger partial charge in [0.1, 0.15) is 0 Å². The van der Waals surface area contributed by atoms with Crippen molar-refractivity contribution in [2.45, 2.75) is 51.8 Å². The van der Waals surface area contributed by atoms with Gasteiger partial charge in [-0.2, -0.15) is 0 Å². The topological polar surface area (TPSA) is 0 Å². The van der Waals surface area contributed by atoms with E-state index in [1.54, 1.807) is 0 Å². The number of aryl methyl sites for hydroxylation is 2. The molecule has 0 saturated heterocycles. The quantitative estimate of drug-likeness (QED) is 0.626. The fourth-order valence-electron chi connectivity index (χ4n) is 3.17. The number of hydrogen-bond acceptors (Lipinski definition) is 0. The molecule has 1 saturated carbocycles. The summed E-state index contributed by atoms with van der Waals surface area (Å²) in [5.41, 5.74) is 4.75. The molecular weight excluding hydrogens is 272 g/mol. The van der Waals surface area contributed by atoms with Gasteiger partial charge in [0.2, 0.25) is 0 Å². The van der Waals surface area contributed by atoms with Crippen molar-refractivity contribution in [2.75, 3.05) is 0 Å². The minimum atomic E-state index is 0.477. The van der Waals surface area contributed by atoms with E-state index in [1.165, 1.54) is 36.0 Å². The Morgan fingerprint density at radius 3 is 2.59 bits per heavy atom. The largest absolute Gasteiger partial charge is 0.0835 e. The second kappa shape index (κ2) is 4.76. The second-order valence-corrected chi connectivity index (χ2v) is 7.24. The molecule has 0 N–H and O–H groups in total. The van der Waals surface area contributed by atoms with Crippen LogP contribution in [0.3, 0.4) is 0 Å². The van der Waals surface area contributed by atoms with Crippen molar-refractivity contribution in [1.82, 2.24) is 0 Å². The highest BCUT2D eigenvalue weighted by Gasteiger charge is 2.39. The first-order valence-electron chi connectivity index (χ1n) is 6.63. The van der Waals surface area contributed by atoms with E-state index < -0.39 is 0 Å². The minimum Gasteiger partial charge on any atom is -0.0835 e. The molecule has 0 radical (unpaired) electrons. The summed E-state index contributed by atoms with van der Waals surface area (Å²) in [6.45, 7) is 9.25. The average molecular weight is 295 g/mol. The van der Waals surface area contributed by atoms with Gasteiger partial charge in [0.05, 0.1) is 0 Å². The fraction of sp³-hybridized carbons (Fsp3) is 0.625. The van der Waals surface area contributed by atoms with Gasteiger partial charge in [-0.1, -0.05) is 60.0 Å². The van der Waals surface area contributed by atoms with Crippen molar-refractivity contribution in [3.63, 3.8) is 0 Å². The van der Waals surface area contributed by atoms with Crippen LogP contribution in [0.1, 0.15) is 54.6 Å². The van der Waals surface area contributed by atoms with Gasteiger partial charge >= 0.3 is 0 Å². The Labute approximate surface area is 114 Å². The normalized spacial score (nSPS) is 24.9. The molecule has 0 aliphatic heterocycles. The second-order valence-electron chi connectivity index (χ2n) is 6.25. The predicted octanol–water partition coefficient (Wildman–Crippen LogP) is 5.57. The summed E-state index contributed by atoms with van der Waals surface area (Å²) in [5.74, 6) is 0.767. The van der Waals surface area contributed by atoms with Crippen LogP contribution in [0.2, 0.25) is 0 Å². The van der Waals surface area contributed by atoms with E-state index in [1.807, 2.05) is 0 Å². The van der Waals surface area contributed by atoms with E-state index in [4.69, 9.17) is 0 Å². The van der Waals surface area contributed by atoms with Crippen LogP contribution in [0.5, 0.6) is 0 Å². The van der Waals surface area contributed by atoms with Crippen molar-refractivity contribution in [3.8, 4) is 0 Å². The number of rotatable bonds is 2. The molecule has 0 spiro atoms. The van der Waals surface area contributed by atoms with Gasteiger partial charge in [-0.3, -0.25) is 0 Å². The standard InChI is InChI=1S/C16H23Br/c1-11-7-8-12(2)13(10-11)15(17)14-6-5-9-16(14,3)4/h7-8,10,14-15H,5-6,9H2,1-4H3. The van der Waals surface area contributed by atoms with Crippen LogP contribution >= 0.6 is 15.9 Å². The third kappa shape index (κ3) is 2.59. The Balaban J connectivity index is 2.30. The molecule has 1 aliphatic carbocycles. The smallest absolute Gasteiger partial charge is 0.0431 e. The molecule has 0 amide bonds. The van der Waals surface area contributed by atoms with E-state index in [-0.39, 0.29) is 0 Å². The molecule has 1 aromatic rings.